The summed E-state index contributed by atoms with van der Waals surface area (Å²) in [6, 6.07) is -0.657. The predicted molar refractivity (Wildman–Crippen MR) is 45.2 cm³/mol. The SMILES string of the molecule is CC(C)CC(N)C(=O)OCO[C]=O. The van der Waals surface area contributed by atoms with E-state index in [1.807, 2.05) is 13.8 Å². The summed E-state index contributed by atoms with van der Waals surface area (Å²) in [5, 5.41) is 0. The third-order valence-corrected chi connectivity index (χ3v) is 1.35. The highest BCUT2D eigenvalue weighted by molar-refractivity contribution is 5.75. The molecule has 0 aromatic heterocycles. The van der Waals surface area contributed by atoms with E-state index in [1.54, 1.807) is 0 Å². The van der Waals surface area contributed by atoms with Gasteiger partial charge in [-0.2, -0.15) is 0 Å². The van der Waals surface area contributed by atoms with Crippen molar-refractivity contribution in [2.45, 2.75) is 26.3 Å². The molecule has 75 valence electrons. The van der Waals surface area contributed by atoms with Gasteiger partial charge in [0.1, 0.15) is 6.04 Å². The number of carbonyl (C=O) groups excluding carboxylic acids is 2. The van der Waals surface area contributed by atoms with Crippen molar-refractivity contribution in [2.24, 2.45) is 11.7 Å². The maximum absolute atomic E-state index is 11.0. The Morgan fingerprint density at radius 3 is 2.62 bits per heavy atom. The van der Waals surface area contributed by atoms with Crippen LogP contribution in [0.15, 0.2) is 0 Å². The minimum absolute atomic E-state index is 0.320. The van der Waals surface area contributed by atoms with Crippen molar-refractivity contribution in [1.82, 2.24) is 0 Å². The standard InChI is InChI=1S/C8H14NO4/c1-6(2)3-7(9)8(11)13-5-12-4-10/h6-7H,3,5,9H2,1-2H3. The van der Waals surface area contributed by atoms with Crippen LogP contribution < -0.4 is 5.73 Å². The fourth-order valence-electron chi connectivity index (χ4n) is 0.823. The molecule has 0 saturated heterocycles. The Bertz CT molecular complexity index is 170. The molecular formula is C8H14NO4. The Kier molecular flexibility index (Phi) is 5.88. The van der Waals surface area contributed by atoms with E-state index >= 15 is 0 Å². The lowest BCUT2D eigenvalue weighted by Gasteiger charge is -2.12. The molecule has 5 nitrogen and oxygen atoms in total. The van der Waals surface area contributed by atoms with E-state index in [1.165, 1.54) is 0 Å². The molecule has 2 N–H and O–H groups in total. The van der Waals surface area contributed by atoms with Crippen LogP contribution in [0.25, 0.3) is 0 Å². The van der Waals surface area contributed by atoms with Gasteiger partial charge in [0.15, 0.2) is 0 Å². The molecule has 0 saturated carbocycles. The molecule has 0 aliphatic rings. The first-order valence-corrected chi connectivity index (χ1v) is 3.99. The molecular weight excluding hydrogens is 174 g/mol. The second kappa shape index (κ2) is 6.42. The summed E-state index contributed by atoms with van der Waals surface area (Å²) in [6.07, 6.45) is 0.545. The van der Waals surface area contributed by atoms with Crippen molar-refractivity contribution in [2.75, 3.05) is 6.79 Å². The van der Waals surface area contributed by atoms with Crippen molar-refractivity contribution in [3.63, 3.8) is 0 Å². The fourth-order valence-corrected chi connectivity index (χ4v) is 0.823. The predicted octanol–water partition coefficient (Wildman–Crippen LogP) is -0.0557. The zero-order valence-electron chi connectivity index (χ0n) is 7.78. The van der Waals surface area contributed by atoms with Gasteiger partial charge in [0.2, 0.25) is 6.79 Å². The van der Waals surface area contributed by atoms with E-state index in [4.69, 9.17) is 5.73 Å². The van der Waals surface area contributed by atoms with Crippen LogP contribution in [0.3, 0.4) is 0 Å². The van der Waals surface area contributed by atoms with E-state index < -0.39 is 18.8 Å². The van der Waals surface area contributed by atoms with E-state index in [-0.39, 0.29) is 0 Å². The van der Waals surface area contributed by atoms with E-state index in [2.05, 4.69) is 9.47 Å². The van der Waals surface area contributed by atoms with Gasteiger partial charge in [-0.05, 0) is 12.3 Å². The number of ether oxygens (including phenoxy) is 2. The van der Waals surface area contributed by atoms with Gasteiger partial charge in [0.05, 0.1) is 0 Å². The quantitative estimate of drug-likeness (QED) is 0.359. The highest BCUT2D eigenvalue weighted by Crippen LogP contribution is 2.03. The van der Waals surface area contributed by atoms with Crippen molar-refractivity contribution >= 4 is 12.4 Å². The Balaban J connectivity index is 3.62. The van der Waals surface area contributed by atoms with Crippen LogP contribution in [0.4, 0.5) is 0 Å². The van der Waals surface area contributed by atoms with Crippen molar-refractivity contribution in [3.05, 3.63) is 0 Å². The molecule has 0 bridgehead atoms. The number of rotatable bonds is 6. The zero-order valence-corrected chi connectivity index (χ0v) is 7.78. The van der Waals surface area contributed by atoms with Gasteiger partial charge >= 0.3 is 12.4 Å². The average Bonchev–Trinajstić information content (AvgIpc) is 2.03. The lowest BCUT2D eigenvalue weighted by atomic mass is 10.1. The van der Waals surface area contributed by atoms with Gasteiger partial charge in [0, 0.05) is 0 Å². The summed E-state index contributed by atoms with van der Waals surface area (Å²) in [5.74, 6) is -0.245. The average molecular weight is 188 g/mol. The lowest BCUT2D eigenvalue weighted by molar-refractivity contribution is -0.152. The summed E-state index contributed by atoms with van der Waals surface area (Å²) >= 11 is 0. The van der Waals surface area contributed by atoms with Crippen molar-refractivity contribution in [3.8, 4) is 0 Å². The minimum Gasteiger partial charge on any atom is -0.427 e. The minimum atomic E-state index is -0.657. The van der Waals surface area contributed by atoms with E-state index in [0.29, 0.717) is 12.3 Å². The third kappa shape index (κ3) is 6.10. The topological polar surface area (TPSA) is 78.6 Å². The van der Waals surface area contributed by atoms with Gasteiger partial charge in [-0.25, -0.2) is 4.79 Å². The number of hydrogen-bond acceptors (Lipinski definition) is 5. The monoisotopic (exact) mass is 188 g/mol. The van der Waals surface area contributed by atoms with Gasteiger partial charge in [0.25, 0.3) is 0 Å². The second-order valence-electron chi connectivity index (χ2n) is 3.04. The molecule has 0 fully saturated rings. The van der Waals surface area contributed by atoms with Gasteiger partial charge in [-0.15, -0.1) is 0 Å². The van der Waals surface area contributed by atoms with Crippen LogP contribution in [0.5, 0.6) is 0 Å². The largest absolute Gasteiger partial charge is 0.427 e. The lowest BCUT2D eigenvalue weighted by Crippen LogP contribution is -2.34. The normalized spacial score (nSPS) is 12.3. The first-order chi connectivity index (χ1) is 6.07. The van der Waals surface area contributed by atoms with Gasteiger partial charge in [-0.3, -0.25) is 4.79 Å². The molecule has 0 aliphatic carbocycles. The molecule has 0 heterocycles. The van der Waals surface area contributed by atoms with Crippen LogP contribution in [0.1, 0.15) is 20.3 Å². The molecule has 0 spiro atoms. The zero-order chi connectivity index (χ0) is 10.3. The van der Waals surface area contributed by atoms with Crippen molar-refractivity contribution in [1.29, 1.82) is 0 Å². The summed E-state index contributed by atoms with van der Waals surface area (Å²) in [6.45, 7) is 4.61. The molecule has 0 aromatic carbocycles. The summed E-state index contributed by atoms with van der Waals surface area (Å²) in [4.78, 5) is 20.6. The molecule has 0 amide bonds. The third-order valence-electron chi connectivity index (χ3n) is 1.35. The Labute approximate surface area is 77.2 Å². The number of esters is 1. The van der Waals surface area contributed by atoms with Crippen LogP contribution >= 0.6 is 0 Å². The molecule has 13 heavy (non-hydrogen) atoms. The van der Waals surface area contributed by atoms with Crippen LogP contribution in [-0.2, 0) is 19.1 Å². The van der Waals surface area contributed by atoms with Crippen LogP contribution in [0.2, 0.25) is 0 Å². The fraction of sp³-hybridized carbons (Fsp3) is 0.750. The first-order valence-electron chi connectivity index (χ1n) is 3.99. The molecule has 0 rings (SSSR count). The Morgan fingerprint density at radius 1 is 1.54 bits per heavy atom. The van der Waals surface area contributed by atoms with Crippen LogP contribution in [0, 0.1) is 5.92 Å². The van der Waals surface area contributed by atoms with E-state index in [0.717, 1.165) is 6.47 Å². The van der Waals surface area contributed by atoms with Gasteiger partial charge < -0.3 is 15.2 Å². The molecule has 0 aliphatic heterocycles. The van der Waals surface area contributed by atoms with Crippen LogP contribution in [-0.4, -0.2) is 25.3 Å². The molecule has 1 unspecified atom stereocenters. The van der Waals surface area contributed by atoms with Gasteiger partial charge in [-0.1, -0.05) is 13.8 Å². The first kappa shape index (κ1) is 11.9. The molecule has 1 atom stereocenters. The second-order valence-corrected chi connectivity index (χ2v) is 3.04. The molecule has 1 radical (unpaired) electrons. The number of hydrogen-bond donors (Lipinski definition) is 1. The highest BCUT2D eigenvalue weighted by Gasteiger charge is 2.16. The maximum atomic E-state index is 11.0. The summed E-state index contributed by atoms with van der Waals surface area (Å²) in [7, 11) is 0. The number of carbonyl (C=O) groups is 1. The molecule has 5 heteroatoms. The number of nitrogens with two attached hydrogens (primary N) is 1. The maximum Gasteiger partial charge on any atom is 0.420 e. The summed E-state index contributed by atoms with van der Waals surface area (Å²) < 4.78 is 8.55. The van der Waals surface area contributed by atoms with E-state index in [9.17, 15) is 9.59 Å². The Hall–Kier alpha value is -1.10. The highest BCUT2D eigenvalue weighted by atomic mass is 16.7. The van der Waals surface area contributed by atoms with Crippen molar-refractivity contribution < 1.29 is 19.1 Å². The smallest absolute Gasteiger partial charge is 0.420 e. The molecule has 0 aromatic rings. The summed E-state index contributed by atoms with van der Waals surface area (Å²) in [5.41, 5.74) is 5.47. The Morgan fingerprint density at radius 2 is 2.15 bits per heavy atom.